The summed E-state index contributed by atoms with van der Waals surface area (Å²) in [7, 11) is 0. The molecular weight excluding hydrogens is 244 g/mol. The molecule has 0 aromatic rings. The molecule has 0 aromatic carbocycles. The summed E-state index contributed by atoms with van der Waals surface area (Å²) in [6.45, 7) is 7.19. The van der Waals surface area contributed by atoms with Crippen LogP contribution in [0.25, 0.3) is 0 Å². The van der Waals surface area contributed by atoms with Gasteiger partial charge in [0.25, 0.3) is 0 Å². The van der Waals surface area contributed by atoms with E-state index < -0.39 is 0 Å². The Balaban J connectivity index is 2.00. The van der Waals surface area contributed by atoms with Crippen molar-refractivity contribution in [1.29, 1.82) is 0 Å². The van der Waals surface area contributed by atoms with Gasteiger partial charge < -0.3 is 15.0 Å². The third kappa shape index (κ3) is 3.08. The second-order valence-corrected chi connectivity index (χ2v) is 5.77. The highest BCUT2D eigenvalue weighted by Gasteiger charge is 2.41. The van der Waals surface area contributed by atoms with Crippen LogP contribution in [0.15, 0.2) is 0 Å². The average molecular weight is 268 g/mol. The Morgan fingerprint density at radius 3 is 2.63 bits per heavy atom. The molecule has 19 heavy (non-hydrogen) atoms. The quantitative estimate of drug-likeness (QED) is 0.825. The first-order chi connectivity index (χ1) is 9.02. The van der Waals surface area contributed by atoms with Crippen LogP contribution in [0.3, 0.4) is 0 Å². The van der Waals surface area contributed by atoms with Gasteiger partial charge in [-0.3, -0.25) is 9.59 Å². The number of hydrogen-bond donors (Lipinski definition) is 1. The van der Waals surface area contributed by atoms with Crippen LogP contribution in [0, 0.1) is 5.92 Å². The van der Waals surface area contributed by atoms with Crippen LogP contribution >= 0.6 is 0 Å². The lowest BCUT2D eigenvalue weighted by Gasteiger charge is -2.43. The van der Waals surface area contributed by atoms with Crippen LogP contribution in [-0.2, 0) is 14.3 Å². The van der Waals surface area contributed by atoms with Crippen molar-refractivity contribution in [2.45, 2.75) is 58.2 Å². The highest BCUT2D eigenvalue weighted by Crippen LogP contribution is 2.30. The molecule has 0 spiro atoms. The average Bonchev–Trinajstić information content (AvgIpc) is 2.44. The van der Waals surface area contributed by atoms with Gasteiger partial charge in [-0.2, -0.15) is 0 Å². The van der Waals surface area contributed by atoms with Gasteiger partial charge in [-0.25, -0.2) is 0 Å². The minimum atomic E-state index is -0.374. The molecule has 2 fully saturated rings. The first-order valence-corrected chi connectivity index (χ1v) is 7.24. The number of carbonyl (C=O) groups is 2. The van der Waals surface area contributed by atoms with Gasteiger partial charge in [0.15, 0.2) is 0 Å². The van der Waals surface area contributed by atoms with Gasteiger partial charge in [-0.15, -0.1) is 0 Å². The Labute approximate surface area is 114 Å². The predicted molar refractivity (Wildman–Crippen MR) is 71.5 cm³/mol. The molecule has 1 aliphatic carbocycles. The lowest BCUT2D eigenvalue weighted by molar-refractivity contribution is -0.142. The SMILES string of the molecule is CCOC1CC(N2CCC(=O)NC(C(C)C)C2=O)C1. The Bertz CT molecular complexity index is 351. The molecule has 0 radical (unpaired) electrons. The van der Waals surface area contributed by atoms with E-state index in [1.165, 1.54) is 0 Å². The maximum atomic E-state index is 12.5. The van der Waals surface area contributed by atoms with Gasteiger partial charge in [-0.05, 0) is 25.7 Å². The van der Waals surface area contributed by atoms with Gasteiger partial charge in [0.1, 0.15) is 6.04 Å². The van der Waals surface area contributed by atoms with Gasteiger partial charge >= 0.3 is 0 Å². The lowest BCUT2D eigenvalue weighted by Crippen LogP contribution is -2.55. The topological polar surface area (TPSA) is 58.6 Å². The van der Waals surface area contributed by atoms with Gasteiger partial charge in [-0.1, -0.05) is 13.8 Å². The molecule has 2 aliphatic rings. The molecule has 1 heterocycles. The number of nitrogens with one attached hydrogen (secondary N) is 1. The van der Waals surface area contributed by atoms with Crippen molar-refractivity contribution in [3.63, 3.8) is 0 Å². The van der Waals surface area contributed by atoms with E-state index in [2.05, 4.69) is 5.32 Å². The van der Waals surface area contributed by atoms with Gasteiger partial charge in [0.05, 0.1) is 6.10 Å². The molecule has 1 saturated carbocycles. The molecule has 0 bridgehead atoms. The van der Waals surface area contributed by atoms with E-state index >= 15 is 0 Å². The van der Waals surface area contributed by atoms with Crippen molar-refractivity contribution in [3.8, 4) is 0 Å². The van der Waals surface area contributed by atoms with E-state index in [1.807, 2.05) is 25.7 Å². The van der Waals surface area contributed by atoms with E-state index in [1.54, 1.807) is 0 Å². The lowest BCUT2D eigenvalue weighted by atomic mass is 9.87. The number of carbonyl (C=O) groups excluding carboxylic acids is 2. The van der Waals surface area contributed by atoms with Gasteiger partial charge in [0, 0.05) is 25.6 Å². The van der Waals surface area contributed by atoms with Crippen molar-refractivity contribution in [2.75, 3.05) is 13.2 Å². The van der Waals surface area contributed by atoms with E-state index in [9.17, 15) is 9.59 Å². The number of rotatable bonds is 4. The Morgan fingerprint density at radius 2 is 2.05 bits per heavy atom. The third-order valence-electron chi connectivity index (χ3n) is 4.03. The molecule has 2 amide bonds. The number of ether oxygens (including phenoxy) is 1. The van der Waals surface area contributed by atoms with E-state index in [4.69, 9.17) is 4.74 Å². The van der Waals surface area contributed by atoms with Crippen LogP contribution in [0.2, 0.25) is 0 Å². The molecule has 5 heteroatoms. The Morgan fingerprint density at radius 1 is 1.37 bits per heavy atom. The smallest absolute Gasteiger partial charge is 0.245 e. The highest BCUT2D eigenvalue weighted by molar-refractivity contribution is 5.90. The van der Waals surface area contributed by atoms with Gasteiger partial charge in [0.2, 0.25) is 11.8 Å². The summed E-state index contributed by atoms with van der Waals surface area (Å²) in [5, 5.41) is 2.84. The second kappa shape index (κ2) is 5.90. The van der Waals surface area contributed by atoms with Crippen molar-refractivity contribution >= 4 is 11.8 Å². The fraction of sp³-hybridized carbons (Fsp3) is 0.857. The van der Waals surface area contributed by atoms with Crippen LogP contribution in [-0.4, -0.2) is 48.1 Å². The van der Waals surface area contributed by atoms with Crippen molar-refractivity contribution in [2.24, 2.45) is 5.92 Å². The van der Waals surface area contributed by atoms with Crippen molar-refractivity contribution < 1.29 is 14.3 Å². The minimum absolute atomic E-state index is 0.0183. The molecule has 1 aliphatic heterocycles. The minimum Gasteiger partial charge on any atom is -0.378 e. The zero-order valence-electron chi connectivity index (χ0n) is 12.0. The maximum Gasteiger partial charge on any atom is 0.245 e. The standard InChI is InChI=1S/C14H24N2O3/c1-4-19-11-7-10(8-11)16-6-5-12(17)15-13(9(2)3)14(16)18/h9-11,13H,4-8H2,1-3H3,(H,15,17). The molecular formula is C14H24N2O3. The second-order valence-electron chi connectivity index (χ2n) is 5.77. The fourth-order valence-electron chi connectivity index (χ4n) is 2.80. The summed E-state index contributed by atoms with van der Waals surface area (Å²) in [6, 6.07) is -0.126. The fourth-order valence-corrected chi connectivity index (χ4v) is 2.80. The van der Waals surface area contributed by atoms with Crippen LogP contribution < -0.4 is 5.32 Å². The molecule has 108 valence electrons. The summed E-state index contributed by atoms with van der Waals surface area (Å²) in [6.07, 6.45) is 2.49. The van der Waals surface area contributed by atoms with Crippen LogP contribution in [0.1, 0.15) is 40.0 Å². The summed E-state index contributed by atoms with van der Waals surface area (Å²) >= 11 is 0. The van der Waals surface area contributed by atoms with Crippen molar-refractivity contribution in [1.82, 2.24) is 10.2 Å². The largest absolute Gasteiger partial charge is 0.378 e. The molecule has 0 aromatic heterocycles. The molecule has 1 atom stereocenters. The van der Waals surface area contributed by atoms with Crippen LogP contribution in [0.4, 0.5) is 0 Å². The number of hydrogen-bond acceptors (Lipinski definition) is 3. The van der Waals surface area contributed by atoms with E-state index in [-0.39, 0.29) is 35.9 Å². The predicted octanol–water partition coefficient (Wildman–Crippen LogP) is 0.927. The maximum absolute atomic E-state index is 12.5. The summed E-state index contributed by atoms with van der Waals surface area (Å²) in [4.78, 5) is 26.1. The third-order valence-corrected chi connectivity index (χ3v) is 4.03. The number of amides is 2. The zero-order valence-corrected chi connectivity index (χ0v) is 12.0. The normalized spacial score (nSPS) is 32.0. The summed E-state index contributed by atoms with van der Waals surface area (Å²) in [5.74, 6) is 0.177. The Hall–Kier alpha value is -1.10. The molecule has 1 unspecified atom stereocenters. The molecule has 5 nitrogen and oxygen atoms in total. The zero-order chi connectivity index (χ0) is 14.0. The van der Waals surface area contributed by atoms with E-state index in [0.29, 0.717) is 13.0 Å². The first kappa shape index (κ1) is 14.3. The Kier molecular flexibility index (Phi) is 4.45. The summed E-state index contributed by atoms with van der Waals surface area (Å²) in [5.41, 5.74) is 0. The number of nitrogens with zero attached hydrogens (tertiary/aromatic N) is 1. The summed E-state index contributed by atoms with van der Waals surface area (Å²) < 4.78 is 5.54. The molecule has 1 N–H and O–H groups in total. The van der Waals surface area contributed by atoms with Crippen LogP contribution in [0.5, 0.6) is 0 Å². The molecule has 2 rings (SSSR count). The van der Waals surface area contributed by atoms with Crippen molar-refractivity contribution in [3.05, 3.63) is 0 Å². The highest BCUT2D eigenvalue weighted by atomic mass is 16.5. The first-order valence-electron chi connectivity index (χ1n) is 7.24. The van der Waals surface area contributed by atoms with E-state index in [0.717, 1.165) is 19.4 Å². The molecule has 1 saturated heterocycles. The monoisotopic (exact) mass is 268 g/mol.